The van der Waals surface area contributed by atoms with Crippen LogP contribution in [0.4, 0.5) is 4.39 Å². The number of benzene rings is 1. The van der Waals surface area contributed by atoms with E-state index in [1.54, 1.807) is 0 Å². The summed E-state index contributed by atoms with van der Waals surface area (Å²) in [6, 6.07) is 3.59. The Bertz CT molecular complexity index is 400. The van der Waals surface area contributed by atoms with Crippen LogP contribution in [0.25, 0.3) is 0 Å². The Morgan fingerprint density at radius 1 is 1.27 bits per heavy atom. The number of methoxy groups -OCH3 is 2. The van der Waals surface area contributed by atoms with Crippen LogP contribution in [0, 0.1) is 5.82 Å². The van der Waals surface area contributed by atoms with Crippen LogP contribution in [0.5, 0.6) is 5.75 Å². The second-order valence-corrected chi connectivity index (χ2v) is 2.67. The largest absolute Gasteiger partial charge is 0.497 e. The Kier molecular flexibility index (Phi) is 3.38. The van der Waals surface area contributed by atoms with E-state index in [0.29, 0.717) is 0 Å². The zero-order valence-electron chi connectivity index (χ0n) is 8.24. The molecule has 0 spiro atoms. The maximum atomic E-state index is 13.3. The Hall–Kier alpha value is -1.91. The van der Waals surface area contributed by atoms with E-state index in [1.165, 1.54) is 19.2 Å². The van der Waals surface area contributed by atoms with Crippen molar-refractivity contribution in [2.75, 3.05) is 14.2 Å². The monoisotopic (exact) mass is 212 g/mol. The van der Waals surface area contributed by atoms with Crippen molar-refractivity contribution in [3.05, 3.63) is 29.6 Å². The van der Waals surface area contributed by atoms with Crippen molar-refractivity contribution in [3.8, 4) is 5.75 Å². The van der Waals surface area contributed by atoms with Crippen LogP contribution in [0.3, 0.4) is 0 Å². The molecule has 0 aromatic heterocycles. The van der Waals surface area contributed by atoms with Gasteiger partial charge in [0.25, 0.3) is 5.78 Å². The molecule has 1 rings (SSSR count). The highest BCUT2D eigenvalue weighted by molar-refractivity contribution is 6.40. The Morgan fingerprint density at radius 3 is 2.40 bits per heavy atom. The van der Waals surface area contributed by atoms with Crippen molar-refractivity contribution in [2.24, 2.45) is 0 Å². The number of hydrogen-bond acceptors (Lipinski definition) is 4. The van der Waals surface area contributed by atoms with Gasteiger partial charge in [0.05, 0.1) is 19.8 Å². The molecule has 0 radical (unpaired) electrons. The highest BCUT2D eigenvalue weighted by atomic mass is 19.1. The summed E-state index contributed by atoms with van der Waals surface area (Å²) in [5.74, 6) is -2.66. The van der Waals surface area contributed by atoms with Gasteiger partial charge in [0.2, 0.25) is 0 Å². The maximum Gasteiger partial charge on any atom is 0.379 e. The summed E-state index contributed by atoms with van der Waals surface area (Å²) in [5.41, 5.74) is -0.331. The molecule has 0 fully saturated rings. The SMILES string of the molecule is COC(=O)C(=O)c1ccc(OC)cc1F. The maximum absolute atomic E-state index is 13.3. The van der Waals surface area contributed by atoms with Crippen molar-refractivity contribution in [2.45, 2.75) is 0 Å². The van der Waals surface area contributed by atoms with Gasteiger partial charge in [-0.05, 0) is 12.1 Å². The van der Waals surface area contributed by atoms with E-state index >= 15 is 0 Å². The summed E-state index contributed by atoms with van der Waals surface area (Å²) in [6.07, 6.45) is 0. The molecule has 0 N–H and O–H groups in total. The van der Waals surface area contributed by atoms with Crippen LogP contribution in [0.15, 0.2) is 18.2 Å². The van der Waals surface area contributed by atoms with E-state index in [9.17, 15) is 14.0 Å². The molecule has 0 heterocycles. The third-order valence-corrected chi connectivity index (χ3v) is 1.79. The fourth-order valence-corrected chi connectivity index (χ4v) is 1.01. The van der Waals surface area contributed by atoms with E-state index in [-0.39, 0.29) is 11.3 Å². The van der Waals surface area contributed by atoms with Crippen molar-refractivity contribution in [1.82, 2.24) is 0 Å². The first-order chi connectivity index (χ1) is 7.10. The van der Waals surface area contributed by atoms with Crippen molar-refractivity contribution in [1.29, 1.82) is 0 Å². The minimum absolute atomic E-state index is 0.272. The molecule has 0 aliphatic rings. The molecule has 0 saturated heterocycles. The zero-order valence-corrected chi connectivity index (χ0v) is 8.24. The van der Waals surface area contributed by atoms with Crippen LogP contribution in [0.1, 0.15) is 10.4 Å². The minimum atomic E-state index is -1.10. The first kappa shape index (κ1) is 11.2. The van der Waals surface area contributed by atoms with E-state index in [2.05, 4.69) is 4.74 Å². The van der Waals surface area contributed by atoms with Gasteiger partial charge in [-0.1, -0.05) is 0 Å². The lowest BCUT2D eigenvalue weighted by atomic mass is 10.1. The van der Waals surface area contributed by atoms with Gasteiger partial charge < -0.3 is 9.47 Å². The molecule has 0 aliphatic heterocycles. The fraction of sp³-hybridized carbons (Fsp3) is 0.200. The van der Waals surface area contributed by atoms with Gasteiger partial charge in [-0.15, -0.1) is 0 Å². The van der Waals surface area contributed by atoms with Crippen molar-refractivity contribution >= 4 is 11.8 Å². The molecule has 1 aromatic carbocycles. The number of Topliss-reactive ketones (excluding diaryl/α,β-unsaturated/α-hetero) is 1. The number of esters is 1. The van der Waals surface area contributed by atoms with Gasteiger partial charge >= 0.3 is 5.97 Å². The predicted molar refractivity (Wildman–Crippen MR) is 49.3 cm³/mol. The van der Waals surface area contributed by atoms with Gasteiger partial charge in [0.1, 0.15) is 11.6 Å². The Labute approximate surface area is 85.6 Å². The highest BCUT2D eigenvalue weighted by Gasteiger charge is 2.20. The number of carbonyl (C=O) groups excluding carboxylic acids is 2. The molecule has 0 atom stereocenters. The molecule has 0 bridgehead atoms. The molecule has 4 nitrogen and oxygen atoms in total. The molecular formula is C10H9FO4. The number of rotatable bonds is 3. The van der Waals surface area contributed by atoms with Crippen molar-refractivity contribution in [3.63, 3.8) is 0 Å². The molecular weight excluding hydrogens is 203 g/mol. The third kappa shape index (κ3) is 2.31. The summed E-state index contributed by atoms with van der Waals surface area (Å²) >= 11 is 0. The topological polar surface area (TPSA) is 52.6 Å². The van der Waals surface area contributed by atoms with Crippen LogP contribution in [0.2, 0.25) is 0 Å². The molecule has 5 heteroatoms. The smallest absolute Gasteiger partial charge is 0.379 e. The van der Waals surface area contributed by atoms with Crippen molar-refractivity contribution < 1.29 is 23.5 Å². The lowest BCUT2D eigenvalue weighted by molar-refractivity contribution is -0.135. The molecule has 1 aromatic rings. The summed E-state index contributed by atoms with van der Waals surface area (Å²) in [5, 5.41) is 0. The molecule has 0 aliphatic carbocycles. The summed E-state index contributed by atoms with van der Waals surface area (Å²) in [6.45, 7) is 0. The van der Waals surface area contributed by atoms with Gasteiger partial charge in [0.15, 0.2) is 0 Å². The van der Waals surface area contributed by atoms with E-state index in [1.807, 2.05) is 0 Å². The lowest BCUT2D eigenvalue weighted by Crippen LogP contribution is -2.17. The zero-order chi connectivity index (χ0) is 11.4. The molecule has 0 saturated carbocycles. The van der Waals surface area contributed by atoms with E-state index in [4.69, 9.17) is 4.74 Å². The average molecular weight is 212 g/mol. The summed E-state index contributed by atoms with van der Waals surface area (Å²) < 4.78 is 22.2. The number of hydrogen-bond donors (Lipinski definition) is 0. The quantitative estimate of drug-likeness (QED) is 0.429. The molecule has 15 heavy (non-hydrogen) atoms. The number of halogens is 1. The first-order valence-corrected chi connectivity index (χ1v) is 4.06. The summed E-state index contributed by atoms with van der Waals surface area (Å²) in [4.78, 5) is 22.1. The van der Waals surface area contributed by atoms with Crippen LogP contribution >= 0.6 is 0 Å². The number of ether oxygens (including phenoxy) is 2. The van der Waals surface area contributed by atoms with Gasteiger partial charge in [-0.3, -0.25) is 4.79 Å². The van der Waals surface area contributed by atoms with Crippen LogP contribution < -0.4 is 4.74 Å². The minimum Gasteiger partial charge on any atom is -0.497 e. The molecule has 80 valence electrons. The third-order valence-electron chi connectivity index (χ3n) is 1.79. The molecule has 0 amide bonds. The first-order valence-electron chi connectivity index (χ1n) is 4.06. The fourth-order valence-electron chi connectivity index (χ4n) is 1.01. The lowest BCUT2D eigenvalue weighted by Gasteiger charge is -2.03. The average Bonchev–Trinajstić information content (AvgIpc) is 2.26. The number of carbonyl (C=O) groups is 2. The van der Waals surface area contributed by atoms with E-state index < -0.39 is 17.6 Å². The van der Waals surface area contributed by atoms with Gasteiger partial charge in [-0.25, -0.2) is 9.18 Å². The second kappa shape index (κ2) is 4.54. The normalized spacial score (nSPS) is 9.53. The van der Waals surface area contributed by atoms with Crippen LogP contribution in [-0.2, 0) is 9.53 Å². The van der Waals surface area contributed by atoms with Crippen LogP contribution in [-0.4, -0.2) is 26.0 Å². The molecule has 0 unspecified atom stereocenters. The van der Waals surface area contributed by atoms with E-state index in [0.717, 1.165) is 13.2 Å². The van der Waals surface area contributed by atoms with Gasteiger partial charge in [-0.2, -0.15) is 0 Å². The standard InChI is InChI=1S/C10H9FO4/c1-14-6-3-4-7(8(11)5-6)9(12)10(13)15-2/h3-5H,1-2H3. The predicted octanol–water partition coefficient (Wildman–Crippen LogP) is 1.19. The van der Waals surface area contributed by atoms with Gasteiger partial charge in [0, 0.05) is 6.07 Å². The Balaban J connectivity index is 3.06. The second-order valence-electron chi connectivity index (χ2n) is 2.67. The number of ketones is 1. The Morgan fingerprint density at radius 2 is 1.93 bits per heavy atom. The summed E-state index contributed by atoms with van der Waals surface area (Å²) in [7, 11) is 2.43. The highest BCUT2D eigenvalue weighted by Crippen LogP contribution is 2.16.